The van der Waals surface area contributed by atoms with Crippen molar-refractivity contribution in [1.82, 2.24) is 15.0 Å². The van der Waals surface area contributed by atoms with E-state index in [2.05, 4.69) is 15.0 Å². The molecule has 0 amide bonds. The number of hydrogen-bond donors (Lipinski definition) is 1. The molecule has 0 unspecified atom stereocenters. The van der Waals surface area contributed by atoms with Gasteiger partial charge in [0.1, 0.15) is 0 Å². The third kappa shape index (κ3) is 0.604. The quantitative estimate of drug-likeness (QED) is 0.550. The minimum atomic E-state index is -0.288. The van der Waals surface area contributed by atoms with E-state index in [1.807, 2.05) is 0 Å². The normalized spacial score (nSPS) is 10.4. The highest BCUT2D eigenvalue weighted by atomic mass is 16.3. The third-order valence-electron chi connectivity index (χ3n) is 1.09. The van der Waals surface area contributed by atoms with E-state index < -0.39 is 0 Å². The van der Waals surface area contributed by atoms with Crippen molar-refractivity contribution in [3.8, 4) is 0 Å². The van der Waals surface area contributed by atoms with Gasteiger partial charge in [-0.05, 0) is 0 Å². The van der Waals surface area contributed by atoms with Crippen molar-refractivity contribution < 1.29 is 4.42 Å². The number of oxazole rings is 1. The van der Waals surface area contributed by atoms with Gasteiger partial charge in [-0.15, -0.1) is 0 Å². The smallest absolute Gasteiger partial charge is 0.269 e. The van der Waals surface area contributed by atoms with E-state index in [0.29, 0.717) is 11.4 Å². The number of fused-ring (bicyclic) bond motifs is 1. The van der Waals surface area contributed by atoms with Crippen molar-refractivity contribution in [1.29, 1.82) is 0 Å². The second kappa shape index (κ2) is 1.66. The van der Waals surface area contributed by atoms with Crippen LogP contribution in [0.3, 0.4) is 0 Å². The molecular weight excluding hydrogens is 134 g/mol. The SMILES string of the molecule is O=c1cnc2ncoc2[nH]1. The Labute approximate surface area is 54.7 Å². The van der Waals surface area contributed by atoms with Crippen LogP contribution in [-0.4, -0.2) is 15.0 Å². The van der Waals surface area contributed by atoms with Crippen molar-refractivity contribution in [3.05, 3.63) is 22.9 Å². The summed E-state index contributed by atoms with van der Waals surface area (Å²) < 4.78 is 4.77. The second-order valence-corrected chi connectivity index (χ2v) is 1.75. The van der Waals surface area contributed by atoms with Crippen LogP contribution in [0.4, 0.5) is 0 Å². The van der Waals surface area contributed by atoms with Crippen molar-refractivity contribution in [3.63, 3.8) is 0 Å². The summed E-state index contributed by atoms with van der Waals surface area (Å²) in [4.78, 5) is 20.4. The van der Waals surface area contributed by atoms with Crippen LogP contribution in [0, 0.1) is 0 Å². The van der Waals surface area contributed by atoms with Crippen LogP contribution < -0.4 is 5.56 Å². The Hall–Kier alpha value is -1.65. The summed E-state index contributed by atoms with van der Waals surface area (Å²) in [5.74, 6) is 0. The number of nitrogens with one attached hydrogen (secondary N) is 1. The minimum absolute atomic E-state index is 0.288. The molecule has 0 aromatic carbocycles. The molecule has 0 aliphatic carbocycles. The highest BCUT2D eigenvalue weighted by Crippen LogP contribution is 1.99. The highest BCUT2D eigenvalue weighted by Gasteiger charge is 1.97. The molecule has 5 nitrogen and oxygen atoms in total. The Balaban J connectivity index is 2.99. The van der Waals surface area contributed by atoms with Crippen LogP contribution in [0.1, 0.15) is 0 Å². The lowest BCUT2D eigenvalue weighted by Gasteiger charge is -1.80. The molecular formula is C5H3N3O2. The van der Waals surface area contributed by atoms with Crippen LogP contribution in [0.5, 0.6) is 0 Å². The van der Waals surface area contributed by atoms with E-state index in [-0.39, 0.29) is 5.56 Å². The van der Waals surface area contributed by atoms with Gasteiger partial charge in [0.2, 0.25) is 11.4 Å². The van der Waals surface area contributed by atoms with Crippen LogP contribution in [-0.2, 0) is 0 Å². The summed E-state index contributed by atoms with van der Waals surface area (Å²) in [5, 5.41) is 0. The fraction of sp³-hybridized carbons (Fsp3) is 0. The zero-order valence-corrected chi connectivity index (χ0v) is 4.87. The first-order valence-electron chi connectivity index (χ1n) is 2.65. The number of aromatic amines is 1. The number of H-pyrrole nitrogens is 1. The molecule has 0 fully saturated rings. The van der Waals surface area contributed by atoms with Gasteiger partial charge in [-0.2, -0.15) is 4.98 Å². The van der Waals surface area contributed by atoms with E-state index in [0.717, 1.165) is 6.20 Å². The van der Waals surface area contributed by atoms with Crippen molar-refractivity contribution in [2.24, 2.45) is 0 Å². The van der Waals surface area contributed by atoms with Gasteiger partial charge in [0, 0.05) is 0 Å². The van der Waals surface area contributed by atoms with Crippen molar-refractivity contribution in [2.45, 2.75) is 0 Å². The molecule has 50 valence electrons. The Kier molecular flexibility index (Phi) is 0.858. The number of hydrogen-bond acceptors (Lipinski definition) is 4. The molecule has 2 rings (SSSR count). The van der Waals surface area contributed by atoms with E-state index in [4.69, 9.17) is 4.42 Å². The van der Waals surface area contributed by atoms with Gasteiger partial charge in [0.25, 0.3) is 5.56 Å². The van der Waals surface area contributed by atoms with Gasteiger partial charge >= 0.3 is 0 Å². The molecule has 0 spiro atoms. The van der Waals surface area contributed by atoms with Gasteiger partial charge < -0.3 is 4.42 Å². The summed E-state index contributed by atoms with van der Waals surface area (Å²) in [6.07, 6.45) is 2.39. The largest absolute Gasteiger partial charge is 0.425 e. The molecule has 5 heteroatoms. The molecule has 10 heavy (non-hydrogen) atoms. The Morgan fingerprint density at radius 3 is 3.30 bits per heavy atom. The summed E-state index contributed by atoms with van der Waals surface area (Å²) in [7, 11) is 0. The molecule has 0 radical (unpaired) electrons. The molecule has 0 saturated heterocycles. The predicted molar refractivity (Wildman–Crippen MR) is 32.4 cm³/mol. The molecule has 1 N–H and O–H groups in total. The maximum Gasteiger partial charge on any atom is 0.269 e. The maximum atomic E-state index is 10.6. The van der Waals surface area contributed by atoms with Crippen LogP contribution in [0.2, 0.25) is 0 Å². The molecule has 2 heterocycles. The molecule has 0 saturated carbocycles. The second-order valence-electron chi connectivity index (χ2n) is 1.75. The highest BCUT2D eigenvalue weighted by molar-refractivity contribution is 5.60. The zero-order valence-electron chi connectivity index (χ0n) is 4.87. The maximum absolute atomic E-state index is 10.6. The Morgan fingerprint density at radius 2 is 2.40 bits per heavy atom. The van der Waals surface area contributed by atoms with E-state index in [1.54, 1.807) is 0 Å². The zero-order chi connectivity index (χ0) is 6.97. The molecule has 0 aliphatic rings. The standard InChI is InChI=1S/C5H3N3O2/c9-3-1-6-4-5(8-3)10-2-7-4/h1-2H,(H,8,9). The monoisotopic (exact) mass is 137 g/mol. The lowest BCUT2D eigenvalue weighted by Crippen LogP contribution is -2.03. The van der Waals surface area contributed by atoms with Crippen molar-refractivity contribution in [2.75, 3.05) is 0 Å². The summed E-state index contributed by atoms with van der Waals surface area (Å²) in [6, 6.07) is 0. The minimum Gasteiger partial charge on any atom is -0.425 e. The number of aromatic nitrogens is 3. The first kappa shape index (κ1) is 5.16. The molecule has 0 aliphatic heterocycles. The Morgan fingerprint density at radius 1 is 1.50 bits per heavy atom. The summed E-state index contributed by atoms with van der Waals surface area (Å²) in [6.45, 7) is 0. The lowest BCUT2D eigenvalue weighted by molar-refractivity contribution is 0.589. The molecule has 0 bridgehead atoms. The average Bonchev–Trinajstić information content (AvgIpc) is 2.33. The Bertz CT molecular complexity index is 402. The average molecular weight is 137 g/mol. The topological polar surface area (TPSA) is 71.8 Å². The molecule has 2 aromatic heterocycles. The number of nitrogens with zero attached hydrogens (tertiary/aromatic N) is 2. The van der Waals surface area contributed by atoms with Gasteiger partial charge in [0.05, 0.1) is 6.20 Å². The molecule has 0 atom stereocenters. The van der Waals surface area contributed by atoms with E-state index >= 15 is 0 Å². The summed E-state index contributed by atoms with van der Waals surface area (Å²) >= 11 is 0. The summed E-state index contributed by atoms with van der Waals surface area (Å²) in [5.41, 5.74) is 0.441. The van der Waals surface area contributed by atoms with Crippen molar-refractivity contribution >= 4 is 11.4 Å². The predicted octanol–water partition coefficient (Wildman–Crippen LogP) is -0.0889. The molecule has 2 aromatic rings. The van der Waals surface area contributed by atoms with Gasteiger partial charge in [-0.3, -0.25) is 9.78 Å². The van der Waals surface area contributed by atoms with Crippen LogP contribution in [0.15, 0.2) is 21.8 Å². The number of rotatable bonds is 0. The first-order valence-corrected chi connectivity index (χ1v) is 2.65. The lowest BCUT2D eigenvalue weighted by atomic mass is 10.7. The van der Waals surface area contributed by atoms with E-state index in [9.17, 15) is 4.79 Å². The van der Waals surface area contributed by atoms with Crippen LogP contribution in [0.25, 0.3) is 11.4 Å². The van der Waals surface area contributed by atoms with Gasteiger partial charge in [0.15, 0.2) is 6.39 Å². The fourth-order valence-corrected chi connectivity index (χ4v) is 0.682. The van der Waals surface area contributed by atoms with Gasteiger partial charge in [-0.25, -0.2) is 4.98 Å². The fourth-order valence-electron chi connectivity index (χ4n) is 0.682. The van der Waals surface area contributed by atoms with Gasteiger partial charge in [-0.1, -0.05) is 0 Å². The van der Waals surface area contributed by atoms with E-state index in [1.165, 1.54) is 6.39 Å². The van der Waals surface area contributed by atoms with Crippen LogP contribution >= 0.6 is 0 Å². The third-order valence-corrected chi connectivity index (χ3v) is 1.09. The first-order chi connectivity index (χ1) is 4.86.